The van der Waals surface area contributed by atoms with E-state index in [9.17, 15) is 13.2 Å². The quantitative estimate of drug-likeness (QED) is 0.661. The van der Waals surface area contributed by atoms with E-state index < -0.39 is 16.0 Å². The van der Waals surface area contributed by atoms with E-state index in [4.69, 9.17) is 10.2 Å². The number of aromatic hydroxyl groups is 1. The smallest absolute Gasteiger partial charge is 0.303 e. The van der Waals surface area contributed by atoms with E-state index in [1.807, 2.05) is 0 Å². The van der Waals surface area contributed by atoms with Gasteiger partial charge in [-0.15, -0.1) is 0 Å². The Morgan fingerprint density at radius 2 is 1.82 bits per heavy atom. The molecule has 6 nitrogen and oxygen atoms in total. The molecule has 0 aliphatic rings. The van der Waals surface area contributed by atoms with Crippen LogP contribution < -0.4 is 4.72 Å². The van der Waals surface area contributed by atoms with Crippen LogP contribution in [0, 0.1) is 0 Å². The highest BCUT2D eigenvalue weighted by molar-refractivity contribution is 7.92. The van der Waals surface area contributed by atoms with E-state index in [0.717, 1.165) is 0 Å². The number of carboxylic acids is 1. The summed E-state index contributed by atoms with van der Waals surface area (Å²) in [7, 11) is -3.54. The fraction of sp³-hybridized carbons (Fsp3) is 0.300. The SMILES string of the molecule is O=C(O)CCCS(=O)(=O)Nc1ccc(O)cc1. The van der Waals surface area contributed by atoms with Gasteiger partial charge in [0.2, 0.25) is 10.0 Å². The van der Waals surface area contributed by atoms with E-state index in [1.54, 1.807) is 0 Å². The summed E-state index contributed by atoms with van der Waals surface area (Å²) in [4.78, 5) is 10.2. The predicted octanol–water partition coefficient (Wildman–Crippen LogP) is 0.999. The average Bonchev–Trinajstić information content (AvgIpc) is 2.20. The Labute approximate surface area is 99.0 Å². The fourth-order valence-corrected chi connectivity index (χ4v) is 2.30. The number of anilines is 1. The van der Waals surface area contributed by atoms with Gasteiger partial charge < -0.3 is 10.2 Å². The van der Waals surface area contributed by atoms with Crippen molar-refractivity contribution in [1.82, 2.24) is 0 Å². The van der Waals surface area contributed by atoms with Gasteiger partial charge in [0.1, 0.15) is 5.75 Å². The minimum atomic E-state index is -3.54. The molecule has 0 bridgehead atoms. The number of carboxylic acid groups (broad SMARTS) is 1. The Morgan fingerprint density at radius 3 is 2.35 bits per heavy atom. The maximum Gasteiger partial charge on any atom is 0.303 e. The van der Waals surface area contributed by atoms with Crippen LogP contribution in [0.4, 0.5) is 5.69 Å². The molecule has 0 heterocycles. The zero-order valence-electron chi connectivity index (χ0n) is 8.96. The van der Waals surface area contributed by atoms with E-state index >= 15 is 0 Å². The number of rotatable bonds is 6. The van der Waals surface area contributed by atoms with Crippen molar-refractivity contribution in [2.75, 3.05) is 10.5 Å². The third-order valence-electron chi connectivity index (χ3n) is 1.94. The summed E-state index contributed by atoms with van der Waals surface area (Å²) in [6, 6.07) is 5.55. The molecule has 17 heavy (non-hydrogen) atoms. The largest absolute Gasteiger partial charge is 0.508 e. The molecule has 0 atom stereocenters. The number of benzene rings is 1. The standard InChI is InChI=1S/C10H13NO5S/c12-9-5-3-8(4-6-9)11-17(15,16)7-1-2-10(13)14/h3-6,11-12H,1-2,7H2,(H,13,14). The molecule has 0 saturated heterocycles. The van der Waals surface area contributed by atoms with E-state index in [1.165, 1.54) is 24.3 Å². The highest BCUT2D eigenvalue weighted by atomic mass is 32.2. The van der Waals surface area contributed by atoms with Crippen molar-refractivity contribution in [3.05, 3.63) is 24.3 Å². The lowest BCUT2D eigenvalue weighted by Crippen LogP contribution is -2.17. The van der Waals surface area contributed by atoms with Crippen LogP contribution in [0.1, 0.15) is 12.8 Å². The van der Waals surface area contributed by atoms with Gasteiger partial charge in [0.25, 0.3) is 0 Å². The minimum absolute atomic E-state index is 0.0406. The molecule has 94 valence electrons. The maximum atomic E-state index is 11.5. The van der Waals surface area contributed by atoms with Crippen LogP contribution in [0.3, 0.4) is 0 Å². The van der Waals surface area contributed by atoms with Crippen molar-refractivity contribution >= 4 is 21.7 Å². The van der Waals surface area contributed by atoms with Gasteiger partial charge in [-0.05, 0) is 30.7 Å². The van der Waals surface area contributed by atoms with E-state index in [2.05, 4.69) is 4.72 Å². The predicted molar refractivity (Wildman–Crippen MR) is 62.4 cm³/mol. The third kappa shape index (κ3) is 5.21. The molecule has 1 aromatic carbocycles. The van der Waals surface area contributed by atoms with Crippen LogP contribution in [0.2, 0.25) is 0 Å². The minimum Gasteiger partial charge on any atom is -0.508 e. The monoisotopic (exact) mass is 259 g/mol. The molecule has 7 heteroatoms. The van der Waals surface area contributed by atoms with Crippen molar-refractivity contribution in [3.63, 3.8) is 0 Å². The number of phenols is 1. The molecule has 0 radical (unpaired) electrons. The molecule has 0 amide bonds. The van der Waals surface area contributed by atoms with E-state index in [0.29, 0.717) is 5.69 Å². The van der Waals surface area contributed by atoms with Gasteiger partial charge in [0.05, 0.1) is 5.75 Å². The maximum absolute atomic E-state index is 11.5. The first kappa shape index (κ1) is 13.3. The second-order valence-electron chi connectivity index (χ2n) is 3.47. The summed E-state index contributed by atoms with van der Waals surface area (Å²) in [5.74, 6) is -1.23. The fourth-order valence-electron chi connectivity index (χ4n) is 1.17. The summed E-state index contributed by atoms with van der Waals surface area (Å²) in [6.07, 6.45) is -0.126. The van der Waals surface area contributed by atoms with Gasteiger partial charge in [0.15, 0.2) is 0 Å². The van der Waals surface area contributed by atoms with Crippen LogP contribution in [-0.4, -0.2) is 30.4 Å². The lowest BCUT2D eigenvalue weighted by molar-refractivity contribution is -0.137. The number of sulfonamides is 1. The molecule has 0 spiro atoms. The number of phenolic OH excluding ortho intramolecular Hbond substituents is 1. The Hall–Kier alpha value is -1.76. The number of nitrogens with one attached hydrogen (secondary N) is 1. The van der Waals surface area contributed by atoms with Crippen molar-refractivity contribution in [1.29, 1.82) is 0 Å². The van der Waals surface area contributed by atoms with Crippen LogP contribution in [0.25, 0.3) is 0 Å². The summed E-state index contributed by atoms with van der Waals surface area (Å²) < 4.78 is 25.3. The van der Waals surface area contributed by atoms with Crippen molar-refractivity contribution < 1.29 is 23.4 Å². The Kier molecular flexibility index (Phi) is 4.33. The molecule has 1 rings (SSSR count). The van der Waals surface area contributed by atoms with Crippen LogP contribution in [0.15, 0.2) is 24.3 Å². The first-order valence-electron chi connectivity index (χ1n) is 4.90. The van der Waals surface area contributed by atoms with Gasteiger partial charge in [-0.3, -0.25) is 9.52 Å². The molecule has 0 saturated carbocycles. The summed E-state index contributed by atoms with van der Waals surface area (Å²) in [5, 5.41) is 17.4. The van der Waals surface area contributed by atoms with Crippen molar-refractivity contribution in [2.24, 2.45) is 0 Å². The molecule has 3 N–H and O–H groups in total. The number of aliphatic carboxylic acids is 1. The Bertz CT molecular complexity index is 480. The average molecular weight is 259 g/mol. The third-order valence-corrected chi connectivity index (χ3v) is 3.32. The topological polar surface area (TPSA) is 104 Å². The van der Waals surface area contributed by atoms with Gasteiger partial charge in [-0.25, -0.2) is 8.42 Å². The van der Waals surface area contributed by atoms with E-state index in [-0.39, 0.29) is 24.3 Å². The van der Waals surface area contributed by atoms with Crippen LogP contribution in [-0.2, 0) is 14.8 Å². The Balaban J connectivity index is 2.54. The highest BCUT2D eigenvalue weighted by Gasteiger charge is 2.11. The summed E-state index contributed by atoms with van der Waals surface area (Å²) in [6.45, 7) is 0. The molecule has 0 aliphatic heterocycles. The normalized spacial score (nSPS) is 11.1. The molecule has 1 aromatic rings. The zero-order chi connectivity index (χ0) is 12.9. The Morgan fingerprint density at radius 1 is 1.24 bits per heavy atom. The summed E-state index contributed by atoms with van der Waals surface area (Å²) >= 11 is 0. The van der Waals surface area contributed by atoms with Gasteiger partial charge >= 0.3 is 5.97 Å². The second kappa shape index (κ2) is 5.53. The molecule has 0 unspecified atom stereocenters. The van der Waals surface area contributed by atoms with Crippen molar-refractivity contribution in [3.8, 4) is 5.75 Å². The molecule has 0 aliphatic carbocycles. The number of hydrogen-bond acceptors (Lipinski definition) is 4. The first-order chi connectivity index (χ1) is 7.89. The summed E-state index contributed by atoms with van der Waals surface area (Å²) in [5.41, 5.74) is 0.332. The number of hydrogen-bond donors (Lipinski definition) is 3. The molecule has 0 aromatic heterocycles. The van der Waals surface area contributed by atoms with Crippen LogP contribution >= 0.6 is 0 Å². The molecule has 0 fully saturated rings. The number of carbonyl (C=O) groups is 1. The van der Waals surface area contributed by atoms with Gasteiger partial charge in [-0.1, -0.05) is 0 Å². The lowest BCUT2D eigenvalue weighted by Gasteiger charge is -2.07. The lowest BCUT2D eigenvalue weighted by atomic mass is 10.3. The van der Waals surface area contributed by atoms with Crippen molar-refractivity contribution in [2.45, 2.75) is 12.8 Å². The first-order valence-corrected chi connectivity index (χ1v) is 6.55. The molecular weight excluding hydrogens is 246 g/mol. The zero-order valence-corrected chi connectivity index (χ0v) is 9.77. The highest BCUT2D eigenvalue weighted by Crippen LogP contribution is 2.15. The molecular formula is C10H13NO5S. The van der Waals surface area contributed by atoms with Gasteiger partial charge in [0, 0.05) is 12.1 Å². The second-order valence-corrected chi connectivity index (χ2v) is 5.31. The van der Waals surface area contributed by atoms with Crippen LogP contribution in [0.5, 0.6) is 5.75 Å². The van der Waals surface area contributed by atoms with Gasteiger partial charge in [-0.2, -0.15) is 0 Å².